The van der Waals surface area contributed by atoms with Gasteiger partial charge >= 0.3 is 0 Å². The van der Waals surface area contributed by atoms with E-state index in [1.165, 1.54) is 11.8 Å². The summed E-state index contributed by atoms with van der Waals surface area (Å²) in [7, 11) is 1.67. The molecule has 1 saturated heterocycles. The number of ketones is 1. The van der Waals surface area contributed by atoms with Gasteiger partial charge in [0.15, 0.2) is 5.78 Å². The predicted octanol–water partition coefficient (Wildman–Crippen LogP) is 3.50. The number of fused-ring (bicyclic) bond motifs is 1. The van der Waals surface area contributed by atoms with E-state index < -0.39 is 0 Å². The molecule has 1 aromatic heterocycles. The molecule has 1 aliphatic heterocycles. The van der Waals surface area contributed by atoms with Gasteiger partial charge in [-0.05, 0) is 74.2 Å². The second-order valence-corrected chi connectivity index (χ2v) is 9.08. The van der Waals surface area contributed by atoms with Crippen molar-refractivity contribution in [3.05, 3.63) is 64.8 Å². The number of likely N-dealkylation sites (tertiary alicyclic amines) is 1. The highest BCUT2D eigenvalue weighted by atomic mass is 16.5. The average Bonchev–Trinajstić information content (AvgIpc) is 2.78. The number of amides is 1. The zero-order valence-electron chi connectivity index (χ0n) is 19.8. The first-order chi connectivity index (χ1) is 15.9. The van der Waals surface area contributed by atoms with Gasteiger partial charge in [-0.2, -0.15) is 0 Å². The fourth-order valence-electron chi connectivity index (χ4n) is 5.04. The number of aryl methyl sites for hydroxylation is 2. The van der Waals surface area contributed by atoms with Crippen molar-refractivity contribution in [2.24, 2.45) is 5.92 Å². The highest BCUT2D eigenvalue weighted by molar-refractivity contribution is 6.00. The quantitative estimate of drug-likeness (QED) is 0.569. The van der Waals surface area contributed by atoms with Gasteiger partial charge in [-0.25, -0.2) is 4.98 Å². The maximum Gasteiger partial charge on any atom is 0.221 e. The fraction of sp³-hybridized carbons (Fsp3) is 0.370. The number of nitrogens with one attached hydrogen (secondary N) is 2. The number of hydrogen-bond acceptors (Lipinski definition) is 4. The number of carbonyl (C=O) groups excluding carboxylic acids is 2. The number of anilines is 1. The van der Waals surface area contributed by atoms with Crippen LogP contribution >= 0.6 is 0 Å². The van der Waals surface area contributed by atoms with Crippen LogP contribution in [0.1, 0.15) is 46.9 Å². The van der Waals surface area contributed by atoms with Crippen LogP contribution in [0.5, 0.6) is 5.75 Å². The van der Waals surface area contributed by atoms with E-state index in [4.69, 9.17) is 9.72 Å². The topological polar surface area (TPSA) is 72.7 Å². The average molecular weight is 447 g/mol. The minimum absolute atomic E-state index is 0.0211. The Kier molecular flexibility index (Phi) is 6.75. The Morgan fingerprint density at radius 1 is 1.15 bits per heavy atom. The zero-order chi connectivity index (χ0) is 23.5. The molecule has 6 nitrogen and oxygen atoms in total. The van der Waals surface area contributed by atoms with Crippen LogP contribution in [0.4, 0.5) is 5.69 Å². The third-order valence-corrected chi connectivity index (χ3v) is 6.47. The zero-order valence-corrected chi connectivity index (χ0v) is 19.8. The Bertz CT molecular complexity index is 1180. The van der Waals surface area contributed by atoms with Crippen LogP contribution in [0.15, 0.2) is 42.5 Å². The number of nitrogens with zero attached hydrogens (tertiary/aromatic N) is 1. The highest BCUT2D eigenvalue weighted by Crippen LogP contribution is 2.27. The predicted molar refractivity (Wildman–Crippen MR) is 130 cm³/mol. The molecule has 0 aliphatic carbocycles. The number of carbonyl (C=O) groups is 2. The van der Waals surface area contributed by atoms with Crippen molar-refractivity contribution in [2.45, 2.75) is 40.2 Å². The molecule has 0 saturated carbocycles. The smallest absolute Gasteiger partial charge is 0.221 e. The van der Waals surface area contributed by atoms with Crippen LogP contribution in [0, 0.1) is 19.8 Å². The monoisotopic (exact) mass is 446 g/mol. The Labute approximate surface area is 195 Å². The summed E-state index contributed by atoms with van der Waals surface area (Å²) in [4.78, 5) is 31.0. The van der Waals surface area contributed by atoms with Gasteiger partial charge in [0.25, 0.3) is 0 Å². The van der Waals surface area contributed by atoms with E-state index in [1.807, 2.05) is 56.3 Å². The molecule has 4 rings (SSSR count). The van der Waals surface area contributed by atoms with Crippen molar-refractivity contribution in [1.82, 2.24) is 4.98 Å². The lowest BCUT2D eigenvalue weighted by molar-refractivity contribution is -0.921. The minimum atomic E-state index is -0.0951. The van der Waals surface area contributed by atoms with E-state index in [0.717, 1.165) is 77.2 Å². The molecule has 1 amide bonds. The molecule has 6 heteroatoms. The summed E-state index contributed by atoms with van der Waals surface area (Å²) in [6.45, 7) is 8.12. The Morgan fingerprint density at radius 3 is 2.61 bits per heavy atom. The largest absolute Gasteiger partial charge is 0.496 e. The molecule has 3 aromatic rings. The Balaban J connectivity index is 1.48. The van der Waals surface area contributed by atoms with E-state index in [-0.39, 0.29) is 17.6 Å². The second-order valence-electron chi connectivity index (χ2n) is 9.08. The summed E-state index contributed by atoms with van der Waals surface area (Å²) in [5, 5.41) is 3.80. The number of hydrogen-bond donors (Lipinski definition) is 2. The summed E-state index contributed by atoms with van der Waals surface area (Å²) in [6, 6.07) is 13.7. The van der Waals surface area contributed by atoms with Gasteiger partial charge in [-0.3, -0.25) is 9.59 Å². The second kappa shape index (κ2) is 9.71. The number of benzene rings is 2. The van der Waals surface area contributed by atoms with Gasteiger partial charge in [-0.15, -0.1) is 0 Å². The van der Waals surface area contributed by atoms with Gasteiger partial charge in [-0.1, -0.05) is 6.07 Å². The van der Waals surface area contributed by atoms with E-state index in [9.17, 15) is 9.59 Å². The molecular weight excluding hydrogens is 414 g/mol. The van der Waals surface area contributed by atoms with Crippen LogP contribution in [-0.2, 0) is 11.3 Å². The van der Waals surface area contributed by atoms with Crippen LogP contribution in [0.3, 0.4) is 0 Å². The SMILES string of the molecule is COc1c(C)cc(C(=O)C2CCC[NH+](Cc3ccc4c(NC(C)=O)cccc4n3)C2)cc1C. The van der Waals surface area contributed by atoms with Crippen molar-refractivity contribution in [1.29, 1.82) is 0 Å². The van der Waals surface area contributed by atoms with E-state index in [0.29, 0.717) is 0 Å². The fourth-order valence-corrected chi connectivity index (χ4v) is 5.04. The first-order valence-corrected chi connectivity index (χ1v) is 11.5. The van der Waals surface area contributed by atoms with Crippen LogP contribution < -0.4 is 15.0 Å². The van der Waals surface area contributed by atoms with Gasteiger partial charge in [0.1, 0.15) is 12.3 Å². The molecule has 0 radical (unpaired) electrons. The third kappa shape index (κ3) is 5.06. The van der Waals surface area contributed by atoms with Crippen LogP contribution in [-0.4, -0.2) is 36.9 Å². The number of pyridine rings is 1. The normalized spacial score (nSPS) is 18.2. The highest BCUT2D eigenvalue weighted by Gasteiger charge is 2.30. The number of quaternary nitrogens is 1. The minimum Gasteiger partial charge on any atom is -0.496 e. The maximum absolute atomic E-state index is 13.3. The lowest BCUT2D eigenvalue weighted by Gasteiger charge is -2.29. The van der Waals surface area contributed by atoms with Crippen molar-refractivity contribution >= 4 is 28.3 Å². The number of aromatic nitrogens is 1. The molecule has 1 fully saturated rings. The molecule has 2 aromatic carbocycles. The van der Waals surface area contributed by atoms with Gasteiger partial charge in [0.05, 0.1) is 43.0 Å². The number of methoxy groups -OCH3 is 1. The molecule has 2 N–H and O–H groups in total. The molecule has 172 valence electrons. The lowest BCUT2D eigenvalue weighted by Crippen LogP contribution is -3.12. The van der Waals surface area contributed by atoms with Crippen molar-refractivity contribution in [3.8, 4) is 5.75 Å². The van der Waals surface area contributed by atoms with E-state index >= 15 is 0 Å². The van der Waals surface area contributed by atoms with E-state index in [1.54, 1.807) is 7.11 Å². The number of piperidine rings is 1. The molecule has 33 heavy (non-hydrogen) atoms. The number of rotatable bonds is 6. The first kappa shape index (κ1) is 22.9. The van der Waals surface area contributed by atoms with Crippen molar-refractivity contribution < 1.29 is 19.2 Å². The molecule has 2 atom stereocenters. The van der Waals surface area contributed by atoms with Crippen LogP contribution in [0.25, 0.3) is 10.9 Å². The summed E-state index contributed by atoms with van der Waals surface area (Å²) in [5.41, 5.74) is 5.43. The molecular formula is C27H32N3O3+. The molecule has 1 aliphatic rings. The number of Topliss-reactive ketones (excluding diaryl/α,β-unsaturated/α-hetero) is 1. The molecule has 0 spiro atoms. The summed E-state index contributed by atoms with van der Waals surface area (Å²) in [6.07, 6.45) is 1.96. The number of ether oxygens (including phenoxy) is 1. The van der Waals surface area contributed by atoms with E-state index in [2.05, 4.69) is 5.32 Å². The molecule has 0 bridgehead atoms. The summed E-state index contributed by atoms with van der Waals surface area (Å²) in [5.74, 6) is 1.01. The molecule has 2 heterocycles. The van der Waals surface area contributed by atoms with Crippen molar-refractivity contribution in [2.75, 3.05) is 25.5 Å². The Morgan fingerprint density at radius 2 is 1.91 bits per heavy atom. The van der Waals surface area contributed by atoms with Gasteiger partial charge < -0.3 is 15.0 Å². The molecule has 2 unspecified atom stereocenters. The van der Waals surface area contributed by atoms with Gasteiger partial charge in [0.2, 0.25) is 5.91 Å². The summed E-state index contributed by atoms with van der Waals surface area (Å²) < 4.78 is 5.45. The van der Waals surface area contributed by atoms with Crippen molar-refractivity contribution in [3.63, 3.8) is 0 Å². The lowest BCUT2D eigenvalue weighted by atomic mass is 9.88. The van der Waals surface area contributed by atoms with Gasteiger partial charge in [0, 0.05) is 17.9 Å². The van der Waals surface area contributed by atoms with Crippen LogP contribution in [0.2, 0.25) is 0 Å². The Hall–Kier alpha value is -3.25. The first-order valence-electron chi connectivity index (χ1n) is 11.5. The summed E-state index contributed by atoms with van der Waals surface area (Å²) >= 11 is 0. The third-order valence-electron chi connectivity index (χ3n) is 6.47. The maximum atomic E-state index is 13.3. The standard InChI is InChI=1S/C27H31N3O3/c1-17-13-21(14-18(2)27(17)33-4)26(32)20-7-6-12-30(15-20)16-22-10-11-23-24(28-19(3)31)8-5-9-25(23)29-22/h5,8-11,13-14,20H,6-7,12,15-16H2,1-4H3,(H,28,31)/p+1.